The summed E-state index contributed by atoms with van der Waals surface area (Å²) >= 11 is 5.31. The average molecular weight is 322 g/mol. The summed E-state index contributed by atoms with van der Waals surface area (Å²) in [7, 11) is 0. The zero-order valence-corrected chi connectivity index (χ0v) is 12.8. The molecular formula is C15H16BrNS. The third kappa shape index (κ3) is 2.15. The number of fused-ring (bicyclic) bond motifs is 1. The van der Waals surface area contributed by atoms with Gasteiger partial charge in [0.1, 0.15) is 0 Å². The highest BCUT2D eigenvalue weighted by Gasteiger charge is 2.16. The largest absolute Gasteiger partial charge is 0.320 e. The Labute approximate surface area is 120 Å². The van der Waals surface area contributed by atoms with Gasteiger partial charge in [0, 0.05) is 4.88 Å². The number of halogens is 1. The molecule has 3 rings (SSSR count). The van der Waals surface area contributed by atoms with Gasteiger partial charge in [0.15, 0.2) is 0 Å². The number of hydrogen-bond donors (Lipinski definition) is 1. The van der Waals surface area contributed by atoms with Crippen LogP contribution in [0.4, 0.5) is 0 Å². The molecule has 0 saturated heterocycles. The van der Waals surface area contributed by atoms with Gasteiger partial charge in [0.05, 0.1) is 9.83 Å². The number of rotatable bonds is 2. The van der Waals surface area contributed by atoms with E-state index in [0.717, 1.165) is 0 Å². The number of benzene rings is 1. The third-order valence-electron chi connectivity index (χ3n) is 3.66. The Morgan fingerprint density at radius 2 is 2.00 bits per heavy atom. The fourth-order valence-electron chi connectivity index (χ4n) is 2.59. The molecule has 0 bridgehead atoms. The molecule has 1 atom stereocenters. The van der Waals surface area contributed by atoms with Gasteiger partial charge in [0.2, 0.25) is 0 Å². The monoisotopic (exact) mass is 321 g/mol. The molecule has 0 saturated carbocycles. The summed E-state index contributed by atoms with van der Waals surface area (Å²) in [6.07, 6.45) is 3.73. The van der Waals surface area contributed by atoms with Crippen LogP contribution in [0, 0.1) is 6.92 Å². The van der Waals surface area contributed by atoms with E-state index in [2.05, 4.69) is 47.1 Å². The third-order valence-corrected chi connectivity index (χ3v) is 5.88. The Balaban J connectivity index is 1.94. The molecule has 2 N–H and O–H groups in total. The van der Waals surface area contributed by atoms with Crippen LogP contribution in [-0.2, 0) is 12.8 Å². The van der Waals surface area contributed by atoms with Gasteiger partial charge in [-0.15, -0.1) is 11.3 Å². The van der Waals surface area contributed by atoms with Crippen LogP contribution in [-0.4, -0.2) is 0 Å². The second kappa shape index (κ2) is 4.80. The summed E-state index contributed by atoms with van der Waals surface area (Å²) in [4.78, 5) is 1.23. The molecule has 1 aromatic heterocycles. The Hall–Kier alpha value is -0.640. The molecule has 0 aliphatic heterocycles. The van der Waals surface area contributed by atoms with Crippen molar-refractivity contribution in [1.29, 1.82) is 0 Å². The lowest BCUT2D eigenvalue weighted by molar-refractivity contribution is 0.886. The molecule has 1 unspecified atom stereocenters. The smallest absolute Gasteiger partial charge is 0.0731 e. The summed E-state index contributed by atoms with van der Waals surface area (Å²) < 4.78 is 1.19. The fraction of sp³-hybridized carbons (Fsp3) is 0.333. The molecule has 1 aliphatic rings. The first-order chi connectivity index (χ1) is 8.65. The minimum atomic E-state index is 0.00546. The maximum Gasteiger partial charge on any atom is 0.0731 e. The predicted molar refractivity (Wildman–Crippen MR) is 81.3 cm³/mol. The molecule has 1 aliphatic carbocycles. The molecular weight excluding hydrogens is 306 g/mol. The lowest BCUT2D eigenvalue weighted by Crippen LogP contribution is -2.10. The molecule has 0 spiro atoms. The molecule has 3 heteroatoms. The van der Waals surface area contributed by atoms with Crippen molar-refractivity contribution in [2.75, 3.05) is 0 Å². The van der Waals surface area contributed by atoms with E-state index in [9.17, 15) is 0 Å². The SMILES string of the molecule is Cc1cc(C(N)c2ccc3c(c2)CCC3)sc1Br. The van der Waals surface area contributed by atoms with Crippen molar-refractivity contribution >= 4 is 27.3 Å². The van der Waals surface area contributed by atoms with Gasteiger partial charge < -0.3 is 5.73 Å². The van der Waals surface area contributed by atoms with Crippen LogP contribution in [0.3, 0.4) is 0 Å². The maximum absolute atomic E-state index is 6.38. The van der Waals surface area contributed by atoms with Gasteiger partial charge in [-0.1, -0.05) is 18.2 Å². The van der Waals surface area contributed by atoms with Crippen LogP contribution in [0.15, 0.2) is 28.1 Å². The molecule has 0 radical (unpaired) electrons. The molecule has 2 aromatic rings. The number of aryl methyl sites for hydroxylation is 3. The molecule has 1 nitrogen and oxygen atoms in total. The lowest BCUT2D eigenvalue weighted by Gasteiger charge is -2.11. The summed E-state index contributed by atoms with van der Waals surface area (Å²) in [5.74, 6) is 0. The van der Waals surface area contributed by atoms with E-state index >= 15 is 0 Å². The topological polar surface area (TPSA) is 26.0 Å². The Morgan fingerprint density at radius 1 is 1.22 bits per heavy atom. The van der Waals surface area contributed by atoms with Gasteiger partial charge in [-0.05, 0) is 70.4 Å². The predicted octanol–water partition coefficient (Wildman–Crippen LogP) is 4.36. The van der Waals surface area contributed by atoms with E-state index in [1.54, 1.807) is 11.3 Å². The molecule has 1 heterocycles. The van der Waals surface area contributed by atoms with Crippen LogP contribution >= 0.6 is 27.3 Å². The van der Waals surface area contributed by atoms with Crippen LogP contribution in [0.1, 0.15) is 39.6 Å². The van der Waals surface area contributed by atoms with Gasteiger partial charge >= 0.3 is 0 Å². The number of hydrogen-bond acceptors (Lipinski definition) is 2. The van der Waals surface area contributed by atoms with Crippen LogP contribution in [0.25, 0.3) is 0 Å². The van der Waals surface area contributed by atoms with Crippen molar-refractivity contribution in [2.45, 2.75) is 32.2 Å². The maximum atomic E-state index is 6.38. The summed E-state index contributed by atoms with van der Waals surface area (Å²) in [5, 5.41) is 0. The van der Waals surface area contributed by atoms with Crippen molar-refractivity contribution in [3.05, 3.63) is 55.2 Å². The van der Waals surface area contributed by atoms with Crippen molar-refractivity contribution in [3.63, 3.8) is 0 Å². The Morgan fingerprint density at radius 3 is 2.72 bits per heavy atom. The van der Waals surface area contributed by atoms with Crippen molar-refractivity contribution in [2.24, 2.45) is 5.73 Å². The second-order valence-electron chi connectivity index (χ2n) is 4.96. The van der Waals surface area contributed by atoms with E-state index < -0.39 is 0 Å². The van der Waals surface area contributed by atoms with E-state index in [0.29, 0.717) is 0 Å². The number of nitrogens with two attached hydrogens (primary N) is 1. The van der Waals surface area contributed by atoms with E-state index in [4.69, 9.17) is 5.73 Å². The van der Waals surface area contributed by atoms with Gasteiger partial charge in [0.25, 0.3) is 0 Å². The zero-order valence-electron chi connectivity index (χ0n) is 10.4. The average Bonchev–Trinajstić information content (AvgIpc) is 2.95. The molecule has 18 heavy (non-hydrogen) atoms. The van der Waals surface area contributed by atoms with Gasteiger partial charge in [-0.3, -0.25) is 0 Å². The second-order valence-corrected chi connectivity index (χ2v) is 7.37. The first kappa shape index (κ1) is 12.4. The summed E-state index contributed by atoms with van der Waals surface area (Å²) in [6, 6.07) is 8.94. The fourth-order valence-corrected chi connectivity index (χ4v) is 4.19. The van der Waals surface area contributed by atoms with Crippen LogP contribution in [0.2, 0.25) is 0 Å². The van der Waals surface area contributed by atoms with Crippen LogP contribution in [0.5, 0.6) is 0 Å². The van der Waals surface area contributed by atoms with E-state index in [1.165, 1.54) is 50.2 Å². The molecule has 0 amide bonds. The van der Waals surface area contributed by atoms with Gasteiger partial charge in [-0.25, -0.2) is 0 Å². The molecule has 94 valence electrons. The quantitative estimate of drug-likeness (QED) is 0.874. The normalized spacial score (nSPS) is 15.7. The van der Waals surface area contributed by atoms with E-state index in [-0.39, 0.29) is 6.04 Å². The molecule has 0 fully saturated rings. The van der Waals surface area contributed by atoms with Crippen LogP contribution < -0.4 is 5.73 Å². The summed E-state index contributed by atoms with van der Waals surface area (Å²) in [5.41, 5.74) is 11.9. The zero-order chi connectivity index (χ0) is 12.7. The first-order valence-electron chi connectivity index (χ1n) is 6.28. The Bertz CT molecular complexity index is 569. The van der Waals surface area contributed by atoms with Crippen molar-refractivity contribution < 1.29 is 0 Å². The highest BCUT2D eigenvalue weighted by Crippen LogP contribution is 2.34. The van der Waals surface area contributed by atoms with Crippen molar-refractivity contribution in [3.8, 4) is 0 Å². The van der Waals surface area contributed by atoms with Crippen molar-refractivity contribution in [1.82, 2.24) is 0 Å². The highest BCUT2D eigenvalue weighted by molar-refractivity contribution is 9.11. The first-order valence-corrected chi connectivity index (χ1v) is 7.89. The molecule has 1 aromatic carbocycles. The summed E-state index contributed by atoms with van der Waals surface area (Å²) in [6.45, 7) is 2.11. The Kier molecular flexibility index (Phi) is 3.31. The number of thiophene rings is 1. The van der Waals surface area contributed by atoms with Gasteiger partial charge in [-0.2, -0.15) is 0 Å². The van der Waals surface area contributed by atoms with E-state index in [1.807, 2.05) is 0 Å². The minimum absolute atomic E-state index is 0.00546. The lowest BCUT2D eigenvalue weighted by atomic mass is 10.0. The highest BCUT2D eigenvalue weighted by atomic mass is 79.9. The minimum Gasteiger partial charge on any atom is -0.320 e. The standard InChI is InChI=1S/C15H16BrNS/c1-9-7-13(18-15(9)16)14(17)12-6-5-10-3-2-4-11(10)8-12/h5-8,14H,2-4,17H2,1H3.